The van der Waals surface area contributed by atoms with Gasteiger partial charge in [0, 0.05) is 25.7 Å². The topological polar surface area (TPSA) is 237 Å². The lowest BCUT2D eigenvalue weighted by Crippen LogP contribution is -2.30. The maximum Gasteiger partial charge on any atom is 0.472 e. The van der Waals surface area contributed by atoms with Gasteiger partial charge in [0.1, 0.15) is 19.3 Å². The molecule has 0 aromatic rings. The van der Waals surface area contributed by atoms with Crippen molar-refractivity contribution < 1.29 is 80.2 Å². The third kappa shape index (κ3) is 57.2. The molecule has 0 rings (SSSR count). The highest BCUT2D eigenvalue weighted by atomic mass is 31.2. The zero-order valence-electron chi connectivity index (χ0n) is 52.6. The Morgan fingerprint density at radius 2 is 0.561 bits per heavy atom. The van der Waals surface area contributed by atoms with Gasteiger partial charge in [-0.05, 0) is 31.6 Å². The van der Waals surface area contributed by atoms with Gasteiger partial charge in [0.2, 0.25) is 0 Å². The van der Waals surface area contributed by atoms with Crippen molar-refractivity contribution >= 4 is 39.5 Å². The van der Waals surface area contributed by atoms with E-state index in [1.165, 1.54) is 128 Å². The Balaban J connectivity index is 5.12. The van der Waals surface area contributed by atoms with Gasteiger partial charge < -0.3 is 33.8 Å². The first kappa shape index (κ1) is 80.1. The number of esters is 4. The Morgan fingerprint density at radius 1 is 0.329 bits per heavy atom. The molecule has 3 N–H and O–H groups in total. The number of hydrogen-bond donors (Lipinski definition) is 3. The van der Waals surface area contributed by atoms with Crippen molar-refractivity contribution in [3.05, 3.63) is 0 Å². The third-order valence-corrected chi connectivity index (χ3v) is 16.4. The van der Waals surface area contributed by atoms with Crippen molar-refractivity contribution in [2.45, 2.75) is 335 Å². The summed E-state index contributed by atoms with van der Waals surface area (Å²) in [7, 11) is -9.87. The predicted molar refractivity (Wildman–Crippen MR) is 326 cm³/mol. The molecule has 0 saturated carbocycles. The van der Waals surface area contributed by atoms with Crippen LogP contribution in [0.15, 0.2) is 0 Å². The van der Waals surface area contributed by atoms with Crippen molar-refractivity contribution in [3.8, 4) is 0 Å². The molecule has 19 heteroatoms. The molecular weight excluding hydrogens is 1090 g/mol. The van der Waals surface area contributed by atoms with Crippen molar-refractivity contribution in [1.29, 1.82) is 0 Å². The number of ether oxygens (including phenoxy) is 4. The highest BCUT2D eigenvalue weighted by Gasteiger charge is 2.30. The van der Waals surface area contributed by atoms with E-state index in [-0.39, 0.29) is 25.7 Å². The van der Waals surface area contributed by atoms with E-state index in [4.69, 9.17) is 37.0 Å². The van der Waals surface area contributed by atoms with Gasteiger partial charge >= 0.3 is 39.5 Å². The molecule has 17 nitrogen and oxygen atoms in total. The fourth-order valence-corrected chi connectivity index (χ4v) is 11.0. The largest absolute Gasteiger partial charge is 0.472 e. The molecule has 2 unspecified atom stereocenters. The van der Waals surface area contributed by atoms with E-state index in [1.54, 1.807) is 0 Å². The molecule has 0 aliphatic heterocycles. The number of rotatable bonds is 63. The van der Waals surface area contributed by atoms with Crippen LogP contribution in [0, 0.1) is 5.92 Å². The van der Waals surface area contributed by atoms with Crippen LogP contribution < -0.4 is 0 Å². The Bertz CT molecular complexity index is 1600. The smallest absolute Gasteiger partial charge is 0.462 e. The van der Waals surface area contributed by atoms with Crippen molar-refractivity contribution in [2.24, 2.45) is 5.92 Å². The standard InChI is InChI=1S/C63H122O17P2/c1-6-9-12-15-17-19-20-21-22-23-24-25-26-27-29-33-39-44-49-63(68)80-59(53-74-61(66)47-42-37-34-30-31-36-40-45-56(4)5)55-78-82(71,72)76-51-57(64)50-75-81(69,70)77-54-58(52-73-60(65)46-41-35-14-11-8-3)79-62(67)48-43-38-32-28-18-16-13-10-7-2/h56-59,64H,6-55H2,1-5H3,(H,69,70)(H,71,72)/t57-,58+,59+/m0/s1. The number of carbonyl (C=O) groups excluding carboxylic acids is 4. The second-order valence-electron chi connectivity index (χ2n) is 23.3. The average Bonchev–Trinajstić information content (AvgIpc) is 3.44. The van der Waals surface area contributed by atoms with E-state index < -0.39 is 97.5 Å². The molecule has 0 aromatic heterocycles. The molecular formula is C63H122O17P2. The van der Waals surface area contributed by atoms with Crippen molar-refractivity contribution in [3.63, 3.8) is 0 Å². The van der Waals surface area contributed by atoms with Gasteiger partial charge in [0.15, 0.2) is 12.2 Å². The quantitative estimate of drug-likeness (QED) is 0.0222. The Kier molecular flexibility index (Phi) is 55.5. The molecule has 0 bridgehead atoms. The highest BCUT2D eigenvalue weighted by Crippen LogP contribution is 2.45. The van der Waals surface area contributed by atoms with E-state index in [9.17, 15) is 43.2 Å². The predicted octanol–water partition coefficient (Wildman–Crippen LogP) is 17.4. The minimum absolute atomic E-state index is 0.105. The molecule has 0 radical (unpaired) electrons. The molecule has 0 aromatic carbocycles. The zero-order valence-corrected chi connectivity index (χ0v) is 54.4. The SMILES string of the molecule is CCCCCCCCCCCCCCCCCCCCC(=O)O[C@H](COC(=O)CCCCCCCCCC(C)C)COP(=O)(O)OC[C@@H](O)COP(=O)(O)OC[C@@H](COC(=O)CCCCCCC)OC(=O)CCCCCCCCCCC. The summed E-state index contributed by atoms with van der Waals surface area (Å²) >= 11 is 0. The number of unbranched alkanes of at least 4 members (excludes halogenated alkanes) is 35. The number of aliphatic hydroxyl groups excluding tert-OH is 1. The summed E-state index contributed by atoms with van der Waals surface area (Å²) in [5.41, 5.74) is 0. The lowest BCUT2D eigenvalue weighted by molar-refractivity contribution is -0.161. The fourth-order valence-electron chi connectivity index (χ4n) is 9.41. The molecule has 0 saturated heterocycles. The fraction of sp³-hybridized carbons (Fsp3) is 0.937. The van der Waals surface area contributed by atoms with Crippen LogP contribution in [0.1, 0.15) is 317 Å². The van der Waals surface area contributed by atoms with Crippen LogP contribution >= 0.6 is 15.6 Å². The van der Waals surface area contributed by atoms with Gasteiger partial charge in [-0.1, -0.05) is 266 Å². The van der Waals surface area contributed by atoms with Gasteiger partial charge in [-0.3, -0.25) is 37.3 Å². The summed E-state index contributed by atoms with van der Waals surface area (Å²) in [4.78, 5) is 71.8. The second-order valence-corrected chi connectivity index (χ2v) is 26.2. The molecule has 0 heterocycles. The molecule has 5 atom stereocenters. The lowest BCUT2D eigenvalue weighted by atomic mass is 10.0. The van der Waals surface area contributed by atoms with Gasteiger partial charge in [-0.2, -0.15) is 0 Å². The van der Waals surface area contributed by atoms with E-state index in [0.717, 1.165) is 103 Å². The van der Waals surface area contributed by atoms with Crippen LogP contribution in [0.4, 0.5) is 0 Å². The summed E-state index contributed by atoms with van der Waals surface area (Å²) in [5.74, 6) is -1.44. The number of phosphoric acid groups is 2. The second kappa shape index (κ2) is 56.8. The summed E-state index contributed by atoms with van der Waals surface area (Å²) in [5, 5.41) is 10.5. The van der Waals surface area contributed by atoms with E-state index >= 15 is 0 Å². The van der Waals surface area contributed by atoms with E-state index in [1.807, 2.05) is 0 Å². The van der Waals surface area contributed by atoms with Crippen LogP contribution in [-0.2, 0) is 65.4 Å². The number of phosphoric ester groups is 2. The van der Waals surface area contributed by atoms with Gasteiger partial charge in [0.05, 0.1) is 26.4 Å². The van der Waals surface area contributed by atoms with Crippen LogP contribution in [-0.4, -0.2) is 96.7 Å². The van der Waals surface area contributed by atoms with Crippen LogP contribution in [0.25, 0.3) is 0 Å². The van der Waals surface area contributed by atoms with Gasteiger partial charge in [0.25, 0.3) is 0 Å². The molecule has 0 aliphatic rings. The molecule has 0 spiro atoms. The van der Waals surface area contributed by atoms with Crippen molar-refractivity contribution in [2.75, 3.05) is 39.6 Å². The maximum atomic E-state index is 13.0. The Morgan fingerprint density at radius 3 is 0.829 bits per heavy atom. The monoisotopic (exact) mass is 1210 g/mol. The molecule has 0 fully saturated rings. The van der Waals surface area contributed by atoms with Gasteiger partial charge in [-0.25, -0.2) is 9.13 Å². The molecule has 0 aliphatic carbocycles. The molecule has 486 valence electrons. The number of carbonyl (C=O) groups is 4. The van der Waals surface area contributed by atoms with Crippen molar-refractivity contribution in [1.82, 2.24) is 0 Å². The first-order valence-electron chi connectivity index (χ1n) is 33.1. The first-order chi connectivity index (χ1) is 39.5. The normalized spacial score (nSPS) is 14.3. The maximum absolute atomic E-state index is 13.0. The summed E-state index contributed by atoms with van der Waals surface area (Å²) < 4.78 is 67.7. The summed E-state index contributed by atoms with van der Waals surface area (Å²) in [6.45, 7) is 7.03. The average molecular weight is 1210 g/mol. The zero-order chi connectivity index (χ0) is 60.6. The highest BCUT2D eigenvalue weighted by molar-refractivity contribution is 7.47. The number of aliphatic hydroxyl groups is 1. The molecule has 82 heavy (non-hydrogen) atoms. The van der Waals surface area contributed by atoms with Crippen LogP contribution in [0.2, 0.25) is 0 Å². The first-order valence-corrected chi connectivity index (χ1v) is 36.1. The lowest BCUT2D eigenvalue weighted by Gasteiger charge is -2.21. The van der Waals surface area contributed by atoms with E-state index in [0.29, 0.717) is 31.6 Å². The summed E-state index contributed by atoms with van der Waals surface area (Å²) in [6, 6.07) is 0. The minimum Gasteiger partial charge on any atom is -0.462 e. The Hall–Kier alpha value is -1.94. The van der Waals surface area contributed by atoms with Crippen LogP contribution in [0.5, 0.6) is 0 Å². The minimum atomic E-state index is -4.94. The van der Waals surface area contributed by atoms with Crippen LogP contribution in [0.3, 0.4) is 0 Å². The Labute approximate surface area is 498 Å². The molecule has 0 amide bonds. The third-order valence-electron chi connectivity index (χ3n) is 14.5. The summed E-state index contributed by atoms with van der Waals surface area (Å²) in [6.07, 6.45) is 40.9. The van der Waals surface area contributed by atoms with Gasteiger partial charge in [-0.15, -0.1) is 0 Å². The number of hydrogen-bond acceptors (Lipinski definition) is 15. The van der Waals surface area contributed by atoms with E-state index in [2.05, 4.69) is 34.6 Å².